The molecule has 1 unspecified atom stereocenters. The zero-order valence-electron chi connectivity index (χ0n) is 24.7. The van der Waals surface area contributed by atoms with Crippen LogP contribution in [0.25, 0.3) is 11.1 Å². The Labute approximate surface area is 238 Å². The summed E-state index contributed by atoms with van der Waals surface area (Å²) in [7, 11) is 3.48. The lowest BCUT2D eigenvalue weighted by Crippen LogP contribution is -2.62. The summed E-state index contributed by atoms with van der Waals surface area (Å²) in [5, 5.41) is 24.9. The second-order valence-electron chi connectivity index (χ2n) is 13.3. The van der Waals surface area contributed by atoms with Crippen LogP contribution in [0.2, 0.25) is 0 Å². The first-order valence-corrected chi connectivity index (χ1v) is 14.7. The molecule has 2 bridgehead atoms. The van der Waals surface area contributed by atoms with Crippen molar-refractivity contribution in [3.63, 3.8) is 0 Å². The lowest BCUT2D eigenvalue weighted by Gasteiger charge is -2.62. The van der Waals surface area contributed by atoms with Crippen LogP contribution in [0.3, 0.4) is 0 Å². The predicted molar refractivity (Wildman–Crippen MR) is 156 cm³/mol. The summed E-state index contributed by atoms with van der Waals surface area (Å²) in [5.74, 6) is 0.991. The van der Waals surface area contributed by atoms with Gasteiger partial charge < -0.3 is 20.4 Å². The molecule has 2 aromatic carbocycles. The molecule has 40 heavy (non-hydrogen) atoms. The van der Waals surface area contributed by atoms with E-state index in [0.29, 0.717) is 41.8 Å². The molecule has 8 atom stereocenters. The van der Waals surface area contributed by atoms with Crippen molar-refractivity contribution in [2.45, 2.75) is 71.4 Å². The van der Waals surface area contributed by atoms with E-state index in [9.17, 15) is 19.8 Å². The van der Waals surface area contributed by atoms with Gasteiger partial charge >= 0.3 is 0 Å². The van der Waals surface area contributed by atoms with Crippen LogP contribution in [0.15, 0.2) is 48.5 Å². The highest BCUT2D eigenvalue weighted by Gasteiger charge is 2.57. The van der Waals surface area contributed by atoms with Crippen LogP contribution in [0.5, 0.6) is 0 Å². The summed E-state index contributed by atoms with van der Waals surface area (Å²) in [6, 6.07) is 15.3. The van der Waals surface area contributed by atoms with E-state index in [4.69, 9.17) is 0 Å². The van der Waals surface area contributed by atoms with Crippen molar-refractivity contribution >= 4 is 11.8 Å². The third kappa shape index (κ3) is 5.19. The SMILES string of the molecule is C[C@H](O)[C@H]1[C@@H](C(=O)NC2C[C@H]3C[C@@H]([C@@H]2C)C3(C)C)N(Cc2cccc(-c3ccc(C(=O)N(C)C)cc3)c2)C[C@@H]1O. The van der Waals surface area contributed by atoms with Crippen LogP contribution in [-0.2, 0) is 11.3 Å². The van der Waals surface area contributed by atoms with E-state index in [1.54, 1.807) is 25.9 Å². The van der Waals surface area contributed by atoms with Crippen molar-refractivity contribution in [2.75, 3.05) is 20.6 Å². The Hall–Kier alpha value is -2.74. The first-order chi connectivity index (χ1) is 18.9. The van der Waals surface area contributed by atoms with Gasteiger partial charge in [-0.25, -0.2) is 0 Å². The summed E-state index contributed by atoms with van der Waals surface area (Å²) in [6.07, 6.45) is 0.653. The number of nitrogens with zero attached hydrogens (tertiary/aromatic N) is 2. The van der Waals surface area contributed by atoms with Crippen LogP contribution < -0.4 is 5.32 Å². The number of hydrogen-bond acceptors (Lipinski definition) is 5. The Bertz CT molecular complexity index is 1240. The zero-order chi connectivity index (χ0) is 28.9. The molecule has 3 saturated carbocycles. The minimum atomic E-state index is -0.804. The van der Waals surface area contributed by atoms with E-state index < -0.39 is 24.2 Å². The van der Waals surface area contributed by atoms with Crippen molar-refractivity contribution in [1.82, 2.24) is 15.1 Å². The number of likely N-dealkylation sites (tertiary alicyclic amines) is 1. The molecule has 7 nitrogen and oxygen atoms in total. The average molecular weight is 548 g/mol. The molecule has 1 aliphatic heterocycles. The summed E-state index contributed by atoms with van der Waals surface area (Å²) in [4.78, 5) is 29.7. The summed E-state index contributed by atoms with van der Waals surface area (Å²) in [5.41, 5.74) is 4.03. The first-order valence-electron chi connectivity index (χ1n) is 14.7. The lowest BCUT2D eigenvalue weighted by atomic mass is 9.45. The highest BCUT2D eigenvalue weighted by Crippen LogP contribution is 2.61. The molecule has 216 valence electrons. The van der Waals surface area contributed by atoms with Crippen LogP contribution in [0.4, 0.5) is 0 Å². The Kier molecular flexibility index (Phi) is 7.85. The van der Waals surface area contributed by atoms with E-state index in [2.05, 4.69) is 32.2 Å². The number of aliphatic hydroxyl groups excluding tert-OH is 2. The molecule has 6 rings (SSSR count). The van der Waals surface area contributed by atoms with Gasteiger partial charge in [-0.1, -0.05) is 51.1 Å². The molecule has 4 fully saturated rings. The second kappa shape index (κ2) is 10.9. The number of nitrogens with one attached hydrogen (secondary N) is 1. The molecular weight excluding hydrogens is 502 g/mol. The largest absolute Gasteiger partial charge is 0.393 e. The number of carbonyl (C=O) groups excluding carboxylic acids is 2. The van der Waals surface area contributed by atoms with Crippen LogP contribution >= 0.6 is 0 Å². The van der Waals surface area contributed by atoms with Crippen molar-refractivity contribution in [3.05, 3.63) is 59.7 Å². The minimum absolute atomic E-state index is 0.0340. The Balaban J connectivity index is 1.33. The van der Waals surface area contributed by atoms with Gasteiger partial charge in [0, 0.05) is 44.7 Å². The monoisotopic (exact) mass is 547 g/mol. The molecule has 1 saturated heterocycles. The van der Waals surface area contributed by atoms with Crippen LogP contribution in [0.1, 0.15) is 56.5 Å². The number of hydrogen-bond donors (Lipinski definition) is 3. The summed E-state index contributed by atoms with van der Waals surface area (Å²) >= 11 is 0. The standard InChI is InChI=1S/C33H45N3O4/c1-19-26-15-25(33(26,3)4)16-27(19)34-31(39)30-29(20(2)37)28(38)18-36(30)17-21-8-7-9-24(14-21)22-10-12-23(13-11-22)32(40)35(5)6/h7-14,19-20,25-30,37-38H,15-18H2,1-6H3,(H,34,39)/t19-,20-,25+,26-,27?,28-,29+,30-/m0/s1. The van der Waals surface area contributed by atoms with Gasteiger partial charge in [0.25, 0.3) is 5.91 Å². The van der Waals surface area contributed by atoms with Crippen molar-refractivity contribution in [1.29, 1.82) is 0 Å². The Morgan fingerprint density at radius 2 is 1.80 bits per heavy atom. The summed E-state index contributed by atoms with van der Waals surface area (Å²) < 4.78 is 0. The van der Waals surface area contributed by atoms with Crippen molar-refractivity contribution in [2.24, 2.45) is 29.1 Å². The maximum absolute atomic E-state index is 13.8. The Morgan fingerprint density at radius 1 is 1.10 bits per heavy atom. The third-order valence-electron chi connectivity index (χ3n) is 10.3. The van der Waals surface area contributed by atoms with Crippen molar-refractivity contribution < 1.29 is 19.8 Å². The number of benzene rings is 2. The molecule has 3 N–H and O–H groups in total. The van der Waals surface area contributed by atoms with Gasteiger partial charge in [-0.05, 0) is 77.8 Å². The minimum Gasteiger partial charge on any atom is -0.393 e. The van der Waals surface area contributed by atoms with Crippen LogP contribution in [0, 0.1) is 29.1 Å². The van der Waals surface area contributed by atoms with E-state index >= 15 is 0 Å². The average Bonchev–Trinajstić information content (AvgIpc) is 3.24. The normalized spacial score (nSPS) is 31.8. The number of amides is 2. The number of β-amino-alcohol motifs (C(OH)–C–C–N with tert-alkyl or cyclic N) is 1. The molecule has 2 aromatic rings. The number of aliphatic hydroxyl groups is 2. The first kappa shape index (κ1) is 28.8. The number of rotatable bonds is 7. The number of fused-ring (bicyclic) bond motifs is 2. The van der Waals surface area contributed by atoms with Gasteiger partial charge in [0.1, 0.15) is 0 Å². The molecule has 0 aromatic heterocycles. The van der Waals surface area contributed by atoms with Gasteiger partial charge in [-0.3, -0.25) is 14.5 Å². The fraction of sp³-hybridized carbons (Fsp3) is 0.576. The van der Waals surface area contributed by atoms with E-state index in [1.807, 2.05) is 47.4 Å². The molecular formula is C33H45N3O4. The molecule has 3 aliphatic carbocycles. The fourth-order valence-electron chi connectivity index (χ4n) is 7.77. The van der Waals surface area contributed by atoms with Crippen LogP contribution in [-0.4, -0.2) is 76.8 Å². The third-order valence-corrected chi connectivity index (χ3v) is 10.3. The molecule has 4 aliphatic rings. The van der Waals surface area contributed by atoms with Gasteiger partial charge in [0.15, 0.2) is 0 Å². The predicted octanol–water partition coefficient (Wildman–Crippen LogP) is 3.78. The highest BCUT2D eigenvalue weighted by molar-refractivity contribution is 5.94. The highest BCUT2D eigenvalue weighted by atomic mass is 16.3. The maximum Gasteiger partial charge on any atom is 0.253 e. The van der Waals surface area contributed by atoms with Gasteiger partial charge in [-0.15, -0.1) is 0 Å². The molecule has 2 amide bonds. The van der Waals surface area contributed by atoms with Gasteiger partial charge in [0.05, 0.1) is 18.2 Å². The molecule has 1 heterocycles. The smallest absolute Gasteiger partial charge is 0.253 e. The number of carbonyl (C=O) groups is 2. The van der Waals surface area contributed by atoms with E-state index in [1.165, 1.54) is 6.42 Å². The second-order valence-corrected chi connectivity index (χ2v) is 13.3. The van der Waals surface area contributed by atoms with Gasteiger partial charge in [-0.2, -0.15) is 0 Å². The lowest BCUT2D eigenvalue weighted by molar-refractivity contribution is -0.139. The Morgan fingerprint density at radius 3 is 2.40 bits per heavy atom. The summed E-state index contributed by atoms with van der Waals surface area (Å²) in [6.45, 7) is 9.45. The van der Waals surface area contributed by atoms with Gasteiger partial charge in [0.2, 0.25) is 5.91 Å². The fourth-order valence-corrected chi connectivity index (χ4v) is 7.77. The molecule has 7 heteroatoms. The zero-order valence-corrected chi connectivity index (χ0v) is 24.7. The topological polar surface area (TPSA) is 93.1 Å². The van der Waals surface area contributed by atoms with Crippen molar-refractivity contribution in [3.8, 4) is 11.1 Å². The van der Waals surface area contributed by atoms with E-state index in [0.717, 1.165) is 23.1 Å². The maximum atomic E-state index is 13.8. The van der Waals surface area contributed by atoms with E-state index in [-0.39, 0.29) is 17.9 Å². The quantitative estimate of drug-likeness (QED) is 0.491. The molecule has 0 radical (unpaired) electrons. The molecule has 0 spiro atoms.